The topological polar surface area (TPSA) is 37.3 Å². The SMILES string of the molecule is Cc1ccc(NC(=O)N2CCc3c(c4ccccc4n3Cc3ccccc3)C2)cc1C. The molecular weight excluding hydrogens is 382 g/mol. The molecule has 1 aliphatic rings. The number of rotatable bonds is 3. The highest BCUT2D eigenvalue weighted by Gasteiger charge is 2.26. The molecule has 5 rings (SSSR count). The molecule has 0 fully saturated rings. The van der Waals surface area contributed by atoms with E-state index >= 15 is 0 Å². The fourth-order valence-corrected chi connectivity index (χ4v) is 4.54. The average Bonchev–Trinajstić information content (AvgIpc) is 3.10. The van der Waals surface area contributed by atoms with E-state index in [4.69, 9.17) is 0 Å². The summed E-state index contributed by atoms with van der Waals surface area (Å²) >= 11 is 0. The lowest BCUT2D eigenvalue weighted by molar-refractivity contribution is 0.206. The van der Waals surface area contributed by atoms with Crippen LogP contribution in [0.3, 0.4) is 0 Å². The number of hydrogen-bond acceptors (Lipinski definition) is 1. The molecule has 31 heavy (non-hydrogen) atoms. The predicted molar refractivity (Wildman–Crippen MR) is 127 cm³/mol. The number of aromatic nitrogens is 1. The molecule has 3 aromatic carbocycles. The second-order valence-electron chi connectivity index (χ2n) is 8.41. The van der Waals surface area contributed by atoms with Gasteiger partial charge in [-0.25, -0.2) is 4.79 Å². The van der Waals surface area contributed by atoms with Crippen LogP contribution in [0.2, 0.25) is 0 Å². The van der Waals surface area contributed by atoms with Gasteiger partial charge in [0.25, 0.3) is 0 Å². The van der Waals surface area contributed by atoms with Crippen molar-refractivity contribution in [3.63, 3.8) is 0 Å². The smallest absolute Gasteiger partial charge is 0.322 e. The zero-order valence-electron chi connectivity index (χ0n) is 18.1. The maximum absolute atomic E-state index is 13.0. The van der Waals surface area contributed by atoms with Crippen LogP contribution in [0.25, 0.3) is 10.9 Å². The third kappa shape index (κ3) is 3.70. The molecule has 4 aromatic rings. The third-order valence-corrected chi connectivity index (χ3v) is 6.39. The first-order chi connectivity index (χ1) is 15.1. The Morgan fingerprint density at radius 2 is 1.71 bits per heavy atom. The third-order valence-electron chi connectivity index (χ3n) is 6.39. The fourth-order valence-electron chi connectivity index (χ4n) is 4.54. The van der Waals surface area contributed by atoms with Crippen molar-refractivity contribution in [1.82, 2.24) is 9.47 Å². The Hall–Kier alpha value is -3.53. The van der Waals surface area contributed by atoms with Crippen molar-refractivity contribution in [3.05, 3.63) is 101 Å². The number of amides is 2. The van der Waals surface area contributed by atoms with Gasteiger partial charge < -0.3 is 14.8 Å². The number of carbonyl (C=O) groups is 1. The summed E-state index contributed by atoms with van der Waals surface area (Å²) in [6, 6.07) is 25.2. The minimum Gasteiger partial charge on any atom is -0.340 e. The summed E-state index contributed by atoms with van der Waals surface area (Å²) in [6.07, 6.45) is 0.858. The summed E-state index contributed by atoms with van der Waals surface area (Å²) in [4.78, 5) is 14.9. The van der Waals surface area contributed by atoms with Gasteiger partial charge >= 0.3 is 6.03 Å². The summed E-state index contributed by atoms with van der Waals surface area (Å²) in [5, 5.41) is 4.33. The summed E-state index contributed by atoms with van der Waals surface area (Å²) < 4.78 is 2.43. The Bertz CT molecular complexity index is 1260. The molecule has 1 aromatic heterocycles. The monoisotopic (exact) mass is 409 g/mol. The minimum absolute atomic E-state index is 0.0335. The van der Waals surface area contributed by atoms with Crippen molar-refractivity contribution in [2.45, 2.75) is 33.4 Å². The second-order valence-corrected chi connectivity index (χ2v) is 8.41. The van der Waals surface area contributed by atoms with E-state index in [0.29, 0.717) is 6.54 Å². The second kappa shape index (κ2) is 7.95. The first kappa shape index (κ1) is 19.4. The first-order valence-corrected chi connectivity index (χ1v) is 10.9. The normalized spacial score (nSPS) is 13.3. The van der Waals surface area contributed by atoms with Crippen LogP contribution in [-0.2, 0) is 19.5 Å². The average molecular weight is 410 g/mol. The summed E-state index contributed by atoms with van der Waals surface area (Å²) in [7, 11) is 0. The molecule has 156 valence electrons. The van der Waals surface area contributed by atoms with Gasteiger partial charge in [0.05, 0.1) is 0 Å². The minimum atomic E-state index is -0.0335. The van der Waals surface area contributed by atoms with E-state index < -0.39 is 0 Å². The molecule has 0 atom stereocenters. The van der Waals surface area contributed by atoms with Crippen molar-refractivity contribution >= 4 is 22.6 Å². The largest absolute Gasteiger partial charge is 0.340 e. The molecule has 0 bridgehead atoms. The molecule has 0 unspecified atom stereocenters. The quantitative estimate of drug-likeness (QED) is 0.450. The van der Waals surface area contributed by atoms with E-state index in [9.17, 15) is 4.79 Å². The van der Waals surface area contributed by atoms with Crippen molar-refractivity contribution in [1.29, 1.82) is 0 Å². The van der Waals surface area contributed by atoms with Gasteiger partial charge in [-0.05, 0) is 48.7 Å². The summed E-state index contributed by atoms with van der Waals surface area (Å²) in [6.45, 7) is 6.35. The number of anilines is 1. The molecule has 2 heterocycles. The lowest BCUT2D eigenvalue weighted by atomic mass is 10.0. The van der Waals surface area contributed by atoms with Crippen molar-refractivity contribution in [2.75, 3.05) is 11.9 Å². The van der Waals surface area contributed by atoms with Crippen LogP contribution in [0.1, 0.15) is 27.9 Å². The molecule has 0 aliphatic carbocycles. The Labute approximate surface area is 183 Å². The van der Waals surface area contributed by atoms with Gasteiger partial charge in [-0.1, -0.05) is 54.6 Å². The van der Waals surface area contributed by atoms with Crippen LogP contribution in [-0.4, -0.2) is 22.0 Å². The number of urea groups is 1. The lowest BCUT2D eigenvalue weighted by Crippen LogP contribution is -2.39. The van der Waals surface area contributed by atoms with Gasteiger partial charge in [0.2, 0.25) is 0 Å². The molecule has 0 radical (unpaired) electrons. The van der Waals surface area contributed by atoms with Crippen LogP contribution < -0.4 is 5.32 Å². The maximum Gasteiger partial charge on any atom is 0.322 e. The van der Waals surface area contributed by atoms with Crippen LogP contribution in [0.4, 0.5) is 10.5 Å². The van der Waals surface area contributed by atoms with Gasteiger partial charge in [0, 0.05) is 53.9 Å². The molecular formula is C27H27N3O. The highest BCUT2D eigenvalue weighted by molar-refractivity contribution is 5.91. The summed E-state index contributed by atoms with van der Waals surface area (Å²) in [5.74, 6) is 0. The Balaban J connectivity index is 1.43. The molecule has 4 heteroatoms. The lowest BCUT2D eigenvalue weighted by Gasteiger charge is -2.28. The van der Waals surface area contributed by atoms with E-state index in [1.807, 2.05) is 17.0 Å². The summed E-state index contributed by atoms with van der Waals surface area (Å²) in [5.41, 5.74) is 8.42. The van der Waals surface area contributed by atoms with Gasteiger partial charge in [-0.2, -0.15) is 0 Å². The predicted octanol–water partition coefficient (Wildman–Crippen LogP) is 5.90. The van der Waals surface area contributed by atoms with E-state index in [2.05, 4.69) is 84.4 Å². The molecule has 1 aliphatic heterocycles. The molecule has 1 N–H and O–H groups in total. The van der Waals surface area contributed by atoms with Crippen molar-refractivity contribution in [3.8, 4) is 0 Å². The van der Waals surface area contributed by atoms with Crippen LogP contribution in [0.15, 0.2) is 72.8 Å². The highest BCUT2D eigenvalue weighted by atomic mass is 16.2. The van der Waals surface area contributed by atoms with Gasteiger partial charge in [0.15, 0.2) is 0 Å². The van der Waals surface area contributed by atoms with E-state index in [-0.39, 0.29) is 6.03 Å². The maximum atomic E-state index is 13.0. The standard InChI is InChI=1S/C27H27N3O/c1-19-12-13-22(16-20(19)2)28-27(31)29-15-14-26-24(18-29)23-10-6-7-11-25(23)30(26)17-21-8-4-3-5-9-21/h3-13,16H,14-15,17-18H2,1-2H3,(H,28,31). The van der Waals surface area contributed by atoms with Crippen molar-refractivity contribution < 1.29 is 4.79 Å². The first-order valence-electron chi connectivity index (χ1n) is 10.9. The number of benzene rings is 3. The van der Waals surface area contributed by atoms with Crippen LogP contribution in [0, 0.1) is 13.8 Å². The number of nitrogens with zero attached hydrogens (tertiary/aromatic N) is 2. The zero-order valence-corrected chi connectivity index (χ0v) is 18.1. The van der Waals surface area contributed by atoms with E-state index in [0.717, 1.165) is 25.2 Å². The highest BCUT2D eigenvalue weighted by Crippen LogP contribution is 2.32. The van der Waals surface area contributed by atoms with Gasteiger partial charge in [-0.3, -0.25) is 0 Å². The van der Waals surface area contributed by atoms with Crippen LogP contribution >= 0.6 is 0 Å². The molecule has 4 nitrogen and oxygen atoms in total. The number of fused-ring (bicyclic) bond motifs is 3. The Morgan fingerprint density at radius 1 is 0.935 bits per heavy atom. The zero-order chi connectivity index (χ0) is 21.4. The Morgan fingerprint density at radius 3 is 2.52 bits per heavy atom. The van der Waals surface area contributed by atoms with Crippen LogP contribution in [0.5, 0.6) is 0 Å². The fraction of sp³-hybridized carbons (Fsp3) is 0.222. The number of carbonyl (C=O) groups excluding carboxylic acids is 1. The molecule has 0 spiro atoms. The number of hydrogen-bond donors (Lipinski definition) is 1. The molecule has 0 saturated heterocycles. The van der Waals surface area contributed by atoms with E-state index in [1.54, 1.807) is 0 Å². The van der Waals surface area contributed by atoms with E-state index in [1.165, 1.54) is 38.9 Å². The van der Waals surface area contributed by atoms with Gasteiger partial charge in [-0.15, -0.1) is 0 Å². The number of nitrogens with one attached hydrogen (secondary N) is 1. The molecule has 2 amide bonds. The number of para-hydroxylation sites is 1. The number of aryl methyl sites for hydroxylation is 2. The molecule has 0 saturated carbocycles. The van der Waals surface area contributed by atoms with Crippen molar-refractivity contribution in [2.24, 2.45) is 0 Å². The Kier molecular flexibility index (Phi) is 4.99. The van der Waals surface area contributed by atoms with Gasteiger partial charge in [0.1, 0.15) is 0 Å².